The average Bonchev–Trinajstić information content (AvgIpc) is 2.72. The lowest BCUT2D eigenvalue weighted by molar-refractivity contribution is -0.142. The second kappa shape index (κ2) is 9.37. The van der Waals surface area contributed by atoms with Gasteiger partial charge in [-0.15, -0.1) is 10.2 Å². The minimum Gasteiger partial charge on any atom is -0.437 e. The number of carbonyl (C=O) groups is 1. The number of rotatable bonds is 6. The van der Waals surface area contributed by atoms with Gasteiger partial charge in [0.05, 0.1) is 9.73 Å². The summed E-state index contributed by atoms with van der Waals surface area (Å²) in [5.74, 6) is -2.23. The van der Waals surface area contributed by atoms with Crippen LogP contribution >= 0.6 is 0 Å². The van der Waals surface area contributed by atoms with Gasteiger partial charge in [-0.1, -0.05) is 19.1 Å². The van der Waals surface area contributed by atoms with Crippen LogP contribution in [-0.4, -0.2) is 26.6 Å². The first-order chi connectivity index (χ1) is 15.8. The molecule has 1 aromatic heterocycles. The van der Waals surface area contributed by atoms with Crippen LogP contribution < -0.4 is 10.1 Å². The van der Waals surface area contributed by atoms with Crippen molar-refractivity contribution in [2.45, 2.75) is 31.3 Å². The number of ether oxygens (including phenoxy) is 1. The maximum Gasteiger partial charge on any atom is 0.435 e. The third-order valence-corrected chi connectivity index (χ3v) is 6.00. The van der Waals surface area contributed by atoms with Crippen molar-refractivity contribution in [3.63, 3.8) is 0 Å². The highest BCUT2D eigenvalue weighted by atomic mass is 32.2. The molecule has 1 unspecified atom stereocenters. The molecule has 2 N–H and O–H groups in total. The second-order valence-electron chi connectivity index (χ2n) is 7.39. The van der Waals surface area contributed by atoms with E-state index in [1.54, 1.807) is 6.92 Å². The van der Waals surface area contributed by atoms with E-state index < -0.39 is 50.3 Å². The summed E-state index contributed by atoms with van der Waals surface area (Å²) in [5.41, 5.74) is -1.98. The lowest BCUT2D eigenvalue weighted by Gasteiger charge is -2.16. The number of halogens is 4. The summed E-state index contributed by atoms with van der Waals surface area (Å²) in [7, 11) is -3.10. The van der Waals surface area contributed by atoms with E-state index in [1.807, 2.05) is 0 Å². The molecule has 0 spiro atoms. The van der Waals surface area contributed by atoms with Gasteiger partial charge in [0, 0.05) is 22.9 Å². The fourth-order valence-corrected chi connectivity index (χ4v) is 3.80. The molecule has 0 aliphatic heterocycles. The highest BCUT2D eigenvalue weighted by Gasteiger charge is 2.38. The van der Waals surface area contributed by atoms with Gasteiger partial charge in [-0.2, -0.15) is 13.2 Å². The van der Waals surface area contributed by atoms with Gasteiger partial charge in [-0.3, -0.25) is 4.79 Å². The van der Waals surface area contributed by atoms with E-state index in [2.05, 4.69) is 15.5 Å². The number of nitrogens with zero attached hydrogens (tertiary/aromatic N) is 2. The van der Waals surface area contributed by atoms with Crippen LogP contribution in [0.4, 0.5) is 23.2 Å². The Hall–Kier alpha value is -3.54. The van der Waals surface area contributed by atoms with Crippen LogP contribution in [0.1, 0.15) is 34.1 Å². The molecule has 34 heavy (non-hydrogen) atoms. The summed E-state index contributed by atoms with van der Waals surface area (Å²) in [6.07, 6.45) is -3.28. The highest BCUT2D eigenvalue weighted by Crippen LogP contribution is 2.35. The van der Waals surface area contributed by atoms with Crippen molar-refractivity contribution < 1.29 is 31.3 Å². The Morgan fingerprint density at radius 2 is 1.88 bits per heavy atom. The molecule has 3 aromatic rings. The Labute approximate surface area is 193 Å². The van der Waals surface area contributed by atoms with Crippen LogP contribution in [-0.2, 0) is 22.3 Å². The molecule has 1 amide bonds. The third kappa shape index (κ3) is 5.50. The molecule has 1 atom stereocenters. The van der Waals surface area contributed by atoms with Gasteiger partial charge in [0.2, 0.25) is 0 Å². The minimum atomic E-state index is -4.89. The molecule has 0 saturated heterocycles. The summed E-state index contributed by atoms with van der Waals surface area (Å²) < 4.78 is 79.5. The fraction of sp³-hybridized carbons (Fsp3) is 0.227. The topological polar surface area (TPSA) is 105 Å². The molecular formula is C22H20F4N4O3S. The van der Waals surface area contributed by atoms with Gasteiger partial charge >= 0.3 is 6.18 Å². The molecule has 0 radical (unpaired) electrons. The molecule has 0 aliphatic rings. The molecule has 2 aromatic carbocycles. The first-order valence-electron chi connectivity index (χ1n) is 9.87. The van der Waals surface area contributed by atoms with Crippen LogP contribution in [0.2, 0.25) is 0 Å². The average molecular weight is 496 g/mol. The Bertz CT molecular complexity index is 1360. The van der Waals surface area contributed by atoms with Crippen molar-refractivity contribution >= 4 is 21.3 Å². The normalized spacial score (nSPS) is 13.3. The van der Waals surface area contributed by atoms with E-state index >= 15 is 0 Å². The van der Waals surface area contributed by atoms with Crippen LogP contribution in [0.5, 0.6) is 11.6 Å². The van der Waals surface area contributed by atoms with Crippen molar-refractivity contribution in [1.82, 2.24) is 10.2 Å². The zero-order chi connectivity index (χ0) is 25.3. The van der Waals surface area contributed by atoms with Gasteiger partial charge < -0.3 is 10.1 Å². The summed E-state index contributed by atoms with van der Waals surface area (Å²) in [4.78, 5) is 13.2. The number of aryl methyl sites for hydroxylation is 1. The van der Waals surface area contributed by atoms with Crippen LogP contribution in [0.25, 0.3) is 0 Å². The van der Waals surface area contributed by atoms with Crippen molar-refractivity contribution in [2.24, 2.45) is 0 Å². The number of carbonyl (C=O) groups excluding carboxylic acids is 1. The van der Waals surface area contributed by atoms with E-state index in [4.69, 9.17) is 9.52 Å². The van der Waals surface area contributed by atoms with Gasteiger partial charge in [0.25, 0.3) is 11.8 Å². The van der Waals surface area contributed by atoms with E-state index in [-0.39, 0.29) is 16.3 Å². The number of amides is 1. The largest absolute Gasteiger partial charge is 0.437 e. The van der Waals surface area contributed by atoms with Gasteiger partial charge in [0.15, 0.2) is 5.69 Å². The highest BCUT2D eigenvalue weighted by molar-refractivity contribution is 7.91. The van der Waals surface area contributed by atoms with Crippen molar-refractivity contribution in [3.8, 4) is 11.6 Å². The Morgan fingerprint density at radius 3 is 2.47 bits per heavy atom. The predicted molar refractivity (Wildman–Crippen MR) is 117 cm³/mol. The third-order valence-electron chi connectivity index (χ3n) is 4.84. The number of hydrogen-bond acceptors (Lipinski definition) is 6. The molecule has 7 nitrogen and oxygen atoms in total. The number of aromatic nitrogens is 2. The molecule has 3 rings (SSSR count). The Balaban J connectivity index is 2.06. The zero-order valence-electron chi connectivity index (χ0n) is 18.3. The van der Waals surface area contributed by atoms with Crippen LogP contribution in [0.15, 0.2) is 47.4 Å². The van der Waals surface area contributed by atoms with Crippen LogP contribution in [0.3, 0.4) is 0 Å². The first-order valence-corrected chi connectivity index (χ1v) is 11.8. The van der Waals surface area contributed by atoms with E-state index in [1.165, 1.54) is 42.7 Å². The van der Waals surface area contributed by atoms with E-state index in [9.17, 15) is 26.6 Å². The minimum absolute atomic E-state index is 0.0841. The Morgan fingerprint density at radius 1 is 1.18 bits per heavy atom. The summed E-state index contributed by atoms with van der Waals surface area (Å²) in [5, 5.41) is 9.01. The molecule has 0 saturated carbocycles. The van der Waals surface area contributed by atoms with Gasteiger partial charge in [-0.05, 0) is 48.7 Å². The molecule has 1 heterocycles. The molecular weight excluding hydrogens is 476 g/mol. The SMILES string of the molecule is CCc1ccc(Oc2nnc(C(F)(F)F)c(C)c2C(=O)Nc2cccc(S(C)(=N)=O)c2)cc1F. The number of hydrogen-bond donors (Lipinski definition) is 2. The first kappa shape index (κ1) is 25.1. The zero-order valence-corrected chi connectivity index (χ0v) is 19.1. The summed E-state index contributed by atoms with van der Waals surface area (Å²) in [6, 6.07) is 9.44. The molecule has 180 valence electrons. The number of benzene rings is 2. The van der Waals surface area contributed by atoms with Crippen molar-refractivity contribution in [1.29, 1.82) is 4.78 Å². The molecule has 12 heteroatoms. The van der Waals surface area contributed by atoms with Gasteiger partial charge in [-0.25, -0.2) is 13.4 Å². The number of alkyl halides is 3. The van der Waals surface area contributed by atoms with E-state index in [0.29, 0.717) is 12.0 Å². The smallest absolute Gasteiger partial charge is 0.435 e. The summed E-state index contributed by atoms with van der Waals surface area (Å²) in [6.45, 7) is 2.79. The predicted octanol–water partition coefficient (Wildman–Crippen LogP) is 5.59. The molecule has 0 aliphatic carbocycles. The van der Waals surface area contributed by atoms with Crippen molar-refractivity contribution in [2.75, 3.05) is 11.6 Å². The molecule has 0 bridgehead atoms. The van der Waals surface area contributed by atoms with Crippen molar-refractivity contribution in [3.05, 3.63) is 70.7 Å². The maximum atomic E-state index is 14.2. The molecule has 0 fully saturated rings. The number of anilines is 1. The fourth-order valence-electron chi connectivity index (χ4n) is 3.11. The lowest BCUT2D eigenvalue weighted by atomic mass is 10.1. The maximum absolute atomic E-state index is 14.2. The van der Waals surface area contributed by atoms with Gasteiger partial charge in [0.1, 0.15) is 17.1 Å². The monoisotopic (exact) mass is 496 g/mol. The van der Waals surface area contributed by atoms with E-state index in [0.717, 1.165) is 13.0 Å². The Kier molecular flexibility index (Phi) is 6.92. The quantitative estimate of drug-likeness (QED) is 0.433. The lowest BCUT2D eigenvalue weighted by Crippen LogP contribution is -2.21. The number of nitrogens with one attached hydrogen (secondary N) is 2. The summed E-state index contributed by atoms with van der Waals surface area (Å²) >= 11 is 0. The standard InChI is InChI=1S/C22H20F4N4O3S/c1-4-13-8-9-15(11-17(13)23)33-21-18(12(2)19(29-30-21)22(24,25)26)20(31)28-14-6-5-7-16(10-14)34(3,27)32/h5-11,27H,4H2,1-3H3,(H,28,31). The van der Waals surface area contributed by atoms with Crippen LogP contribution in [0, 0.1) is 17.5 Å². The second-order valence-corrected chi connectivity index (χ2v) is 9.54.